The van der Waals surface area contributed by atoms with E-state index in [0.29, 0.717) is 36.7 Å². The van der Waals surface area contributed by atoms with Gasteiger partial charge in [0.25, 0.3) is 0 Å². The first kappa shape index (κ1) is 20.4. The molecule has 0 unspecified atom stereocenters. The lowest BCUT2D eigenvalue weighted by atomic mass is 10.1. The summed E-state index contributed by atoms with van der Waals surface area (Å²) < 4.78 is 25.9. The van der Waals surface area contributed by atoms with Crippen LogP contribution in [0.1, 0.15) is 24.7 Å². The molecule has 0 bridgehead atoms. The molecular formula is C20H21N5O3S2. The number of pyridine rings is 2. The highest BCUT2D eigenvalue weighted by Crippen LogP contribution is 2.36. The number of thiazole rings is 1. The molecule has 30 heavy (non-hydrogen) atoms. The first-order chi connectivity index (χ1) is 14.4. The Bertz CT molecular complexity index is 1210. The van der Waals surface area contributed by atoms with Gasteiger partial charge in [-0.05, 0) is 38.1 Å². The standard InChI is InChI=1S/C20H21N5O3S2/c1-4-28-24-15-9-11-25(30(3,26)27)17-8-7-16(23-18(15)17)19-13(2)22-20(29-19)14-6-5-10-21-12-14/h5-8,10,12H,4,9,11H2,1-3H3. The lowest BCUT2D eigenvalue weighted by Crippen LogP contribution is -2.37. The van der Waals surface area contributed by atoms with Gasteiger partial charge in [0.15, 0.2) is 0 Å². The molecule has 0 amide bonds. The number of anilines is 1. The van der Waals surface area contributed by atoms with Crippen molar-refractivity contribution >= 4 is 32.8 Å². The Kier molecular flexibility index (Phi) is 5.52. The average Bonchev–Trinajstić information content (AvgIpc) is 3.13. The first-order valence-corrected chi connectivity index (χ1v) is 12.1. The van der Waals surface area contributed by atoms with E-state index in [2.05, 4.69) is 15.1 Å². The molecule has 10 heteroatoms. The van der Waals surface area contributed by atoms with E-state index in [9.17, 15) is 8.42 Å². The Morgan fingerprint density at radius 2 is 2.10 bits per heavy atom. The van der Waals surface area contributed by atoms with Gasteiger partial charge in [0.1, 0.15) is 23.0 Å². The molecule has 1 aliphatic heterocycles. The number of fused-ring (bicyclic) bond motifs is 1. The van der Waals surface area contributed by atoms with Crippen molar-refractivity contribution in [2.24, 2.45) is 5.16 Å². The number of nitrogens with zero attached hydrogens (tertiary/aromatic N) is 5. The predicted molar refractivity (Wildman–Crippen MR) is 118 cm³/mol. The van der Waals surface area contributed by atoms with Crippen molar-refractivity contribution < 1.29 is 13.3 Å². The van der Waals surface area contributed by atoms with Crippen LogP contribution >= 0.6 is 11.3 Å². The van der Waals surface area contributed by atoms with Gasteiger partial charge < -0.3 is 4.84 Å². The van der Waals surface area contributed by atoms with Crippen molar-refractivity contribution in [1.29, 1.82) is 0 Å². The minimum Gasteiger partial charge on any atom is -0.396 e. The minimum atomic E-state index is -3.42. The summed E-state index contributed by atoms with van der Waals surface area (Å²) in [6, 6.07) is 7.45. The van der Waals surface area contributed by atoms with Crippen molar-refractivity contribution in [2.75, 3.05) is 23.7 Å². The number of aromatic nitrogens is 3. The number of rotatable bonds is 5. The molecule has 0 saturated carbocycles. The maximum absolute atomic E-state index is 12.3. The molecule has 0 N–H and O–H groups in total. The maximum atomic E-state index is 12.3. The molecule has 156 valence electrons. The molecule has 0 saturated heterocycles. The van der Waals surface area contributed by atoms with Crippen LogP contribution in [0, 0.1) is 6.92 Å². The second-order valence-corrected chi connectivity index (χ2v) is 9.69. The van der Waals surface area contributed by atoms with Crippen molar-refractivity contribution in [3.63, 3.8) is 0 Å². The molecule has 3 aromatic rings. The summed E-state index contributed by atoms with van der Waals surface area (Å²) in [6.07, 6.45) is 5.13. The third kappa shape index (κ3) is 3.92. The van der Waals surface area contributed by atoms with E-state index >= 15 is 0 Å². The summed E-state index contributed by atoms with van der Waals surface area (Å²) in [5.74, 6) is 0. The molecule has 0 fully saturated rings. The summed E-state index contributed by atoms with van der Waals surface area (Å²) in [4.78, 5) is 19.8. The van der Waals surface area contributed by atoms with E-state index in [-0.39, 0.29) is 0 Å². The molecule has 4 rings (SSSR count). The molecular weight excluding hydrogens is 422 g/mol. The molecule has 0 aliphatic carbocycles. The lowest BCUT2D eigenvalue weighted by Gasteiger charge is -2.29. The fourth-order valence-electron chi connectivity index (χ4n) is 3.26. The van der Waals surface area contributed by atoms with E-state index in [4.69, 9.17) is 9.82 Å². The Hall–Kier alpha value is -2.85. The van der Waals surface area contributed by atoms with Gasteiger partial charge in [0, 0.05) is 30.9 Å². The number of hydrogen-bond donors (Lipinski definition) is 0. The fourth-order valence-corrected chi connectivity index (χ4v) is 5.21. The number of oxime groups is 1. The molecule has 0 atom stereocenters. The van der Waals surface area contributed by atoms with E-state index < -0.39 is 10.0 Å². The summed E-state index contributed by atoms with van der Waals surface area (Å²) >= 11 is 1.53. The Labute approximate surface area is 179 Å². The number of hydrogen-bond acceptors (Lipinski definition) is 8. The fraction of sp³-hybridized carbons (Fsp3) is 0.300. The van der Waals surface area contributed by atoms with Gasteiger partial charge in [-0.15, -0.1) is 11.3 Å². The van der Waals surface area contributed by atoms with Crippen LogP contribution < -0.4 is 4.31 Å². The quantitative estimate of drug-likeness (QED) is 0.560. The highest BCUT2D eigenvalue weighted by Gasteiger charge is 2.30. The van der Waals surface area contributed by atoms with Crippen LogP contribution in [0.15, 0.2) is 41.8 Å². The maximum Gasteiger partial charge on any atom is 0.232 e. The Balaban J connectivity index is 1.81. The van der Waals surface area contributed by atoms with Gasteiger partial charge in [0.05, 0.1) is 28.2 Å². The van der Waals surface area contributed by atoms with Crippen LogP contribution in [-0.2, 0) is 14.9 Å². The molecule has 3 aromatic heterocycles. The zero-order valence-electron chi connectivity index (χ0n) is 16.9. The summed E-state index contributed by atoms with van der Waals surface area (Å²) in [6.45, 7) is 4.52. The molecule has 1 aliphatic rings. The average molecular weight is 444 g/mol. The lowest BCUT2D eigenvalue weighted by molar-refractivity contribution is 0.158. The summed E-state index contributed by atoms with van der Waals surface area (Å²) in [5.41, 5.74) is 4.19. The second-order valence-electron chi connectivity index (χ2n) is 6.78. The van der Waals surface area contributed by atoms with Gasteiger partial charge in [-0.1, -0.05) is 5.16 Å². The van der Waals surface area contributed by atoms with Gasteiger partial charge in [-0.25, -0.2) is 18.4 Å². The van der Waals surface area contributed by atoms with Crippen LogP contribution in [-0.4, -0.2) is 48.5 Å². The van der Waals surface area contributed by atoms with Crippen LogP contribution in [0.4, 0.5) is 5.69 Å². The Morgan fingerprint density at radius 1 is 1.27 bits per heavy atom. The van der Waals surface area contributed by atoms with E-state index in [1.807, 2.05) is 32.0 Å². The van der Waals surface area contributed by atoms with Crippen LogP contribution in [0.25, 0.3) is 21.1 Å². The molecule has 8 nitrogen and oxygen atoms in total. The van der Waals surface area contributed by atoms with Gasteiger partial charge in [-0.2, -0.15) is 0 Å². The highest BCUT2D eigenvalue weighted by molar-refractivity contribution is 7.92. The second kappa shape index (κ2) is 8.11. The van der Waals surface area contributed by atoms with Crippen LogP contribution in [0.2, 0.25) is 0 Å². The summed E-state index contributed by atoms with van der Waals surface area (Å²) in [5, 5.41) is 5.04. The first-order valence-electron chi connectivity index (χ1n) is 9.44. The molecule has 4 heterocycles. The normalized spacial score (nSPS) is 15.3. The van der Waals surface area contributed by atoms with Gasteiger partial charge in [0.2, 0.25) is 10.0 Å². The zero-order chi connectivity index (χ0) is 21.3. The smallest absolute Gasteiger partial charge is 0.232 e. The van der Waals surface area contributed by atoms with Crippen LogP contribution in [0.3, 0.4) is 0 Å². The topological polar surface area (TPSA) is 97.6 Å². The highest BCUT2D eigenvalue weighted by atomic mass is 32.2. The van der Waals surface area contributed by atoms with Crippen molar-refractivity contribution in [3.05, 3.63) is 48.0 Å². The van der Waals surface area contributed by atoms with Crippen LogP contribution in [0.5, 0.6) is 0 Å². The molecule has 0 spiro atoms. The van der Waals surface area contributed by atoms with E-state index in [0.717, 1.165) is 26.8 Å². The minimum absolute atomic E-state index is 0.309. The van der Waals surface area contributed by atoms with Crippen molar-refractivity contribution in [1.82, 2.24) is 15.0 Å². The van der Waals surface area contributed by atoms with Crippen molar-refractivity contribution in [3.8, 4) is 21.1 Å². The van der Waals surface area contributed by atoms with E-state index in [1.165, 1.54) is 21.9 Å². The summed E-state index contributed by atoms with van der Waals surface area (Å²) in [7, 11) is -3.42. The van der Waals surface area contributed by atoms with Gasteiger partial charge in [-0.3, -0.25) is 9.29 Å². The van der Waals surface area contributed by atoms with E-state index in [1.54, 1.807) is 18.5 Å². The third-order valence-electron chi connectivity index (χ3n) is 4.61. The Morgan fingerprint density at radius 3 is 2.80 bits per heavy atom. The monoisotopic (exact) mass is 443 g/mol. The number of aryl methyl sites for hydroxylation is 1. The largest absolute Gasteiger partial charge is 0.396 e. The van der Waals surface area contributed by atoms with Gasteiger partial charge >= 0.3 is 0 Å². The predicted octanol–water partition coefficient (Wildman–Crippen LogP) is 3.49. The third-order valence-corrected chi connectivity index (χ3v) is 7.02. The number of sulfonamides is 1. The molecule has 0 radical (unpaired) electrons. The zero-order valence-corrected chi connectivity index (χ0v) is 18.5. The molecule has 0 aromatic carbocycles. The van der Waals surface area contributed by atoms with Crippen molar-refractivity contribution in [2.45, 2.75) is 20.3 Å². The SMILES string of the molecule is CCON=C1CCN(S(C)(=O)=O)c2ccc(-c3sc(-c4cccnc4)nc3C)nc21.